The van der Waals surface area contributed by atoms with E-state index in [4.69, 9.17) is 9.97 Å². The number of halogens is 1. The Hall–Kier alpha value is -3.50. The number of rotatable bonds is 8. The van der Waals surface area contributed by atoms with Crippen molar-refractivity contribution in [2.45, 2.75) is 31.7 Å². The number of aromatic nitrogens is 2. The Morgan fingerprint density at radius 2 is 1.85 bits per heavy atom. The Kier molecular flexibility index (Phi) is 6.76. The van der Waals surface area contributed by atoms with Crippen molar-refractivity contribution in [1.29, 1.82) is 0 Å². The maximum Gasteiger partial charge on any atom is 0.232 e. The summed E-state index contributed by atoms with van der Waals surface area (Å²) in [6.07, 6.45) is 8.06. The number of nitrogens with zero attached hydrogens (tertiary/aromatic N) is 5. The van der Waals surface area contributed by atoms with E-state index in [2.05, 4.69) is 22.2 Å². The third kappa shape index (κ3) is 5.49. The molecule has 0 atom stereocenters. The summed E-state index contributed by atoms with van der Waals surface area (Å²) in [5.41, 5.74) is 4.51. The van der Waals surface area contributed by atoms with Crippen LogP contribution in [0.25, 0.3) is 6.08 Å². The van der Waals surface area contributed by atoms with Crippen LogP contribution in [0.1, 0.15) is 35.5 Å². The second-order valence-electron chi connectivity index (χ2n) is 10.6. The molecule has 1 aliphatic heterocycles. The lowest BCUT2D eigenvalue weighted by Crippen LogP contribution is -2.44. The summed E-state index contributed by atoms with van der Waals surface area (Å²) in [5.74, 6) is 0.981. The standard InChI is InChI=1S/C29H33FN6O2S/c1-34-14-16-35(17-15-34)26-13-10-20(18-23(26)30)19-28-31-24-8-5-6-22(24)29(33-28)32-25-7-3-4-9-27(25)36(21-11-12-21)39(2,37)38/h3-7,9-10,13,18,21H,8,11-12,14-17,19H2,1-2H3,(H,31,32,33). The van der Waals surface area contributed by atoms with Gasteiger partial charge in [0.15, 0.2) is 0 Å². The van der Waals surface area contributed by atoms with E-state index in [1.54, 1.807) is 6.07 Å². The fourth-order valence-electron chi connectivity index (χ4n) is 5.36. The molecule has 1 aromatic heterocycles. The summed E-state index contributed by atoms with van der Waals surface area (Å²) in [7, 11) is -1.36. The van der Waals surface area contributed by atoms with Gasteiger partial charge in [0.05, 0.1) is 29.0 Å². The number of likely N-dealkylation sites (N-methyl/N-ethyl adjacent to an activating group) is 1. The Labute approximate surface area is 229 Å². The summed E-state index contributed by atoms with van der Waals surface area (Å²) in [6.45, 7) is 3.45. The molecule has 3 aromatic rings. The third-order valence-corrected chi connectivity index (χ3v) is 8.72. The first-order valence-electron chi connectivity index (χ1n) is 13.4. The average Bonchev–Trinajstić information content (AvgIpc) is 3.60. The molecule has 1 N–H and O–H groups in total. The quantitative estimate of drug-likeness (QED) is 0.452. The number of sulfonamides is 1. The van der Waals surface area contributed by atoms with Gasteiger partial charge in [0.1, 0.15) is 17.5 Å². The van der Waals surface area contributed by atoms with E-state index in [-0.39, 0.29) is 11.9 Å². The zero-order valence-electron chi connectivity index (χ0n) is 22.3. The summed E-state index contributed by atoms with van der Waals surface area (Å²) in [5, 5.41) is 3.41. The van der Waals surface area contributed by atoms with E-state index in [0.717, 1.165) is 55.8 Å². The largest absolute Gasteiger partial charge is 0.367 e. The SMILES string of the molecule is CN1CCN(c2ccc(Cc3nc4c(c(Nc5ccccc5N(C5CC5)S(C)(=O)=O)n3)C=CC4)cc2F)CC1. The molecule has 0 unspecified atom stereocenters. The number of para-hydroxylation sites is 2. The van der Waals surface area contributed by atoms with Crippen molar-refractivity contribution in [1.82, 2.24) is 14.9 Å². The number of hydrogen-bond acceptors (Lipinski definition) is 7. The van der Waals surface area contributed by atoms with E-state index in [9.17, 15) is 8.42 Å². The Balaban J connectivity index is 1.28. The fraction of sp³-hybridized carbons (Fsp3) is 0.379. The van der Waals surface area contributed by atoms with Crippen molar-refractivity contribution in [3.05, 3.63) is 77.0 Å². The molecule has 6 rings (SSSR count). The van der Waals surface area contributed by atoms with E-state index < -0.39 is 10.0 Å². The number of fused-ring (bicyclic) bond motifs is 1. The Morgan fingerprint density at radius 1 is 1.08 bits per heavy atom. The van der Waals surface area contributed by atoms with Crippen LogP contribution in [0.2, 0.25) is 0 Å². The Bertz CT molecular complexity index is 1530. The van der Waals surface area contributed by atoms with Gasteiger partial charge >= 0.3 is 0 Å². The summed E-state index contributed by atoms with van der Waals surface area (Å²) in [4.78, 5) is 13.9. The maximum absolute atomic E-state index is 15.1. The zero-order chi connectivity index (χ0) is 27.1. The van der Waals surface area contributed by atoms with Crippen LogP contribution in [0, 0.1) is 5.82 Å². The summed E-state index contributed by atoms with van der Waals surface area (Å²) < 4.78 is 42.0. The highest BCUT2D eigenvalue weighted by Gasteiger charge is 2.36. The topological polar surface area (TPSA) is 81.7 Å². The molecule has 39 heavy (non-hydrogen) atoms. The molecule has 204 valence electrons. The van der Waals surface area contributed by atoms with Gasteiger partial charge in [-0.15, -0.1) is 0 Å². The molecule has 2 fully saturated rings. The molecule has 8 nitrogen and oxygen atoms in total. The lowest BCUT2D eigenvalue weighted by atomic mass is 10.1. The average molecular weight is 549 g/mol. The number of hydrogen-bond donors (Lipinski definition) is 1. The van der Waals surface area contributed by atoms with Crippen LogP contribution in [0.3, 0.4) is 0 Å². The van der Waals surface area contributed by atoms with Gasteiger partial charge < -0.3 is 15.1 Å². The lowest BCUT2D eigenvalue weighted by Gasteiger charge is -2.34. The highest BCUT2D eigenvalue weighted by atomic mass is 32.2. The van der Waals surface area contributed by atoms with Gasteiger partial charge in [0, 0.05) is 50.6 Å². The van der Waals surface area contributed by atoms with Crippen molar-refractivity contribution < 1.29 is 12.8 Å². The molecule has 10 heteroatoms. The third-order valence-electron chi connectivity index (χ3n) is 7.52. The first-order valence-corrected chi connectivity index (χ1v) is 15.2. The zero-order valence-corrected chi connectivity index (χ0v) is 23.1. The minimum atomic E-state index is -3.44. The van der Waals surface area contributed by atoms with Gasteiger partial charge in [0.25, 0.3) is 0 Å². The smallest absolute Gasteiger partial charge is 0.232 e. The molecule has 2 aliphatic carbocycles. The summed E-state index contributed by atoms with van der Waals surface area (Å²) in [6, 6.07) is 12.8. The van der Waals surface area contributed by atoms with Gasteiger partial charge in [-0.1, -0.05) is 30.4 Å². The molecule has 0 spiro atoms. The van der Waals surface area contributed by atoms with Crippen LogP contribution in [-0.4, -0.2) is 68.8 Å². The van der Waals surface area contributed by atoms with Gasteiger partial charge in [-0.25, -0.2) is 22.8 Å². The van der Waals surface area contributed by atoms with Gasteiger partial charge in [-0.3, -0.25) is 4.31 Å². The van der Waals surface area contributed by atoms with E-state index >= 15 is 4.39 Å². The minimum Gasteiger partial charge on any atom is -0.367 e. The maximum atomic E-state index is 15.1. The molecule has 0 radical (unpaired) electrons. The number of piperazine rings is 1. The summed E-state index contributed by atoms with van der Waals surface area (Å²) >= 11 is 0. The van der Waals surface area contributed by atoms with Crippen LogP contribution in [-0.2, 0) is 22.9 Å². The van der Waals surface area contributed by atoms with Crippen molar-refractivity contribution in [3.8, 4) is 0 Å². The highest BCUT2D eigenvalue weighted by molar-refractivity contribution is 7.92. The van der Waals surface area contributed by atoms with Gasteiger partial charge in [-0.2, -0.15) is 0 Å². The van der Waals surface area contributed by atoms with E-state index in [1.165, 1.54) is 10.6 Å². The first-order chi connectivity index (χ1) is 18.8. The van der Waals surface area contributed by atoms with Gasteiger partial charge in [-0.05, 0) is 49.7 Å². The molecular weight excluding hydrogens is 515 g/mol. The second kappa shape index (κ2) is 10.2. The van der Waals surface area contributed by atoms with Crippen molar-refractivity contribution in [2.24, 2.45) is 0 Å². The van der Waals surface area contributed by atoms with Crippen molar-refractivity contribution in [2.75, 3.05) is 54.0 Å². The lowest BCUT2D eigenvalue weighted by molar-refractivity contribution is 0.311. The molecule has 1 saturated heterocycles. The van der Waals surface area contributed by atoms with Crippen LogP contribution in [0.5, 0.6) is 0 Å². The molecule has 2 aromatic carbocycles. The fourth-order valence-corrected chi connectivity index (χ4v) is 6.63. The van der Waals surface area contributed by atoms with Crippen molar-refractivity contribution >= 4 is 39.0 Å². The van der Waals surface area contributed by atoms with Crippen LogP contribution >= 0.6 is 0 Å². The highest BCUT2D eigenvalue weighted by Crippen LogP contribution is 2.39. The molecule has 0 amide bonds. The number of benzene rings is 2. The first kappa shape index (κ1) is 25.8. The number of nitrogens with one attached hydrogen (secondary N) is 1. The number of anilines is 4. The minimum absolute atomic E-state index is 0.0155. The predicted octanol–water partition coefficient (Wildman–Crippen LogP) is 4.20. The van der Waals surface area contributed by atoms with Crippen LogP contribution < -0.4 is 14.5 Å². The molecular formula is C29H33FN6O2S. The predicted molar refractivity (Wildman–Crippen MR) is 154 cm³/mol. The van der Waals surface area contributed by atoms with E-state index in [1.807, 2.05) is 48.6 Å². The molecule has 1 saturated carbocycles. The van der Waals surface area contributed by atoms with Crippen LogP contribution in [0.15, 0.2) is 48.5 Å². The van der Waals surface area contributed by atoms with Crippen molar-refractivity contribution in [3.63, 3.8) is 0 Å². The van der Waals surface area contributed by atoms with Gasteiger partial charge in [0.2, 0.25) is 10.0 Å². The second-order valence-corrected chi connectivity index (χ2v) is 12.5. The van der Waals surface area contributed by atoms with Crippen LogP contribution in [0.4, 0.5) is 27.3 Å². The monoisotopic (exact) mass is 548 g/mol. The van der Waals surface area contributed by atoms with E-state index in [0.29, 0.717) is 41.5 Å². The molecule has 3 aliphatic rings. The molecule has 0 bridgehead atoms. The number of allylic oxidation sites excluding steroid dienone is 1. The normalized spacial score (nSPS) is 17.4. The molecule has 2 heterocycles. The Morgan fingerprint density at radius 3 is 2.56 bits per heavy atom.